The van der Waals surface area contributed by atoms with Crippen LogP contribution in [0.1, 0.15) is 41.8 Å². The van der Waals surface area contributed by atoms with Crippen LogP contribution >= 0.6 is 0 Å². The summed E-state index contributed by atoms with van der Waals surface area (Å²) in [6.07, 6.45) is 2.72. The van der Waals surface area contributed by atoms with Crippen molar-refractivity contribution >= 4 is 17.3 Å². The molecule has 2 heterocycles. The molecular formula is C12H15N3O. The van der Waals surface area contributed by atoms with Gasteiger partial charge in [-0.3, -0.25) is 4.79 Å². The van der Waals surface area contributed by atoms with Crippen molar-refractivity contribution in [1.82, 2.24) is 14.5 Å². The van der Waals surface area contributed by atoms with Gasteiger partial charge in [0, 0.05) is 17.8 Å². The largest absolute Gasteiger partial charge is 0.329 e. The summed E-state index contributed by atoms with van der Waals surface area (Å²) in [6, 6.07) is 0.282. The molecule has 0 saturated carbocycles. The molecule has 84 valence electrons. The average Bonchev–Trinajstić information content (AvgIpc) is 2.56. The predicted octanol–water partition coefficient (Wildman–Crippen LogP) is 2.44. The first kappa shape index (κ1) is 10.8. The molecular weight excluding hydrogens is 202 g/mol. The summed E-state index contributed by atoms with van der Waals surface area (Å²) in [7, 11) is 0. The Morgan fingerprint density at radius 2 is 2.00 bits per heavy atom. The van der Waals surface area contributed by atoms with E-state index in [1.165, 1.54) is 0 Å². The highest BCUT2D eigenvalue weighted by atomic mass is 16.1. The number of fused-ring (bicyclic) bond motifs is 1. The Hall–Kier alpha value is -1.71. The van der Waals surface area contributed by atoms with E-state index in [2.05, 4.69) is 23.8 Å². The van der Waals surface area contributed by atoms with Gasteiger partial charge >= 0.3 is 0 Å². The number of hydrogen-bond acceptors (Lipinski definition) is 3. The lowest BCUT2D eigenvalue weighted by Gasteiger charge is -2.08. The van der Waals surface area contributed by atoms with Crippen LogP contribution in [0.5, 0.6) is 0 Å². The molecule has 16 heavy (non-hydrogen) atoms. The molecule has 0 aliphatic rings. The predicted molar refractivity (Wildman–Crippen MR) is 62.8 cm³/mol. The summed E-state index contributed by atoms with van der Waals surface area (Å²) in [5.41, 5.74) is 2.38. The summed E-state index contributed by atoms with van der Waals surface area (Å²) in [4.78, 5) is 19.7. The fourth-order valence-corrected chi connectivity index (χ4v) is 1.98. The van der Waals surface area contributed by atoms with Crippen LogP contribution in [0.25, 0.3) is 11.0 Å². The molecule has 0 unspecified atom stereocenters. The number of hydrogen-bond donors (Lipinski definition) is 0. The van der Waals surface area contributed by atoms with Crippen molar-refractivity contribution in [1.29, 1.82) is 0 Å². The fourth-order valence-electron chi connectivity index (χ4n) is 1.98. The van der Waals surface area contributed by atoms with Crippen LogP contribution in [0.4, 0.5) is 0 Å². The number of carbonyl (C=O) groups is 1. The molecule has 2 aromatic rings. The Balaban J connectivity index is 2.90. The molecule has 4 nitrogen and oxygen atoms in total. The highest BCUT2D eigenvalue weighted by molar-refractivity contribution is 5.97. The van der Waals surface area contributed by atoms with Crippen molar-refractivity contribution in [2.75, 3.05) is 0 Å². The molecule has 2 aromatic heterocycles. The van der Waals surface area contributed by atoms with Crippen LogP contribution < -0.4 is 0 Å². The minimum Gasteiger partial charge on any atom is -0.329 e. The molecule has 0 atom stereocenters. The third-order valence-electron chi connectivity index (χ3n) is 2.68. The molecule has 4 heteroatoms. The standard InChI is InChI=1S/C12H15N3O/c1-7(2)15-5-10(6-16)11-8(3)13-9(4)14-12(11)15/h5-7H,1-4H3. The van der Waals surface area contributed by atoms with Gasteiger partial charge in [-0.25, -0.2) is 9.97 Å². The molecule has 0 saturated heterocycles. The maximum Gasteiger partial charge on any atom is 0.152 e. The van der Waals surface area contributed by atoms with E-state index in [4.69, 9.17) is 0 Å². The number of nitrogens with zero attached hydrogens (tertiary/aromatic N) is 3. The van der Waals surface area contributed by atoms with Crippen LogP contribution in [-0.2, 0) is 0 Å². The first-order chi connectivity index (χ1) is 7.54. The Kier molecular flexibility index (Phi) is 2.50. The zero-order valence-corrected chi connectivity index (χ0v) is 9.98. The first-order valence-corrected chi connectivity index (χ1v) is 5.35. The molecule has 0 radical (unpaired) electrons. The zero-order chi connectivity index (χ0) is 11.9. The molecule has 0 fully saturated rings. The van der Waals surface area contributed by atoms with E-state index in [1.807, 2.05) is 24.6 Å². The van der Waals surface area contributed by atoms with Crippen molar-refractivity contribution in [3.05, 3.63) is 23.3 Å². The summed E-state index contributed by atoms with van der Waals surface area (Å²) in [6.45, 7) is 7.92. The van der Waals surface area contributed by atoms with Crippen LogP contribution in [-0.4, -0.2) is 20.8 Å². The van der Waals surface area contributed by atoms with Crippen molar-refractivity contribution in [3.8, 4) is 0 Å². The summed E-state index contributed by atoms with van der Waals surface area (Å²) in [5.74, 6) is 0.738. The van der Waals surface area contributed by atoms with E-state index in [-0.39, 0.29) is 6.04 Å². The van der Waals surface area contributed by atoms with Gasteiger partial charge in [0.05, 0.1) is 11.1 Å². The lowest BCUT2D eigenvalue weighted by atomic mass is 10.2. The molecule has 0 spiro atoms. The Labute approximate surface area is 94.3 Å². The van der Waals surface area contributed by atoms with Gasteiger partial charge in [0.25, 0.3) is 0 Å². The van der Waals surface area contributed by atoms with Crippen LogP contribution in [0.3, 0.4) is 0 Å². The van der Waals surface area contributed by atoms with Crippen LogP contribution in [0.2, 0.25) is 0 Å². The number of rotatable bonds is 2. The van der Waals surface area contributed by atoms with Crippen molar-refractivity contribution in [2.45, 2.75) is 33.7 Å². The summed E-state index contributed by atoms with van der Waals surface area (Å²) < 4.78 is 2.01. The number of aromatic nitrogens is 3. The second-order valence-electron chi connectivity index (χ2n) is 4.26. The van der Waals surface area contributed by atoms with Gasteiger partial charge < -0.3 is 4.57 Å². The summed E-state index contributed by atoms with van der Waals surface area (Å²) >= 11 is 0. The second kappa shape index (κ2) is 3.70. The summed E-state index contributed by atoms with van der Waals surface area (Å²) in [5, 5.41) is 0.870. The molecule has 0 aromatic carbocycles. The Bertz CT molecular complexity index is 555. The molecule has 0 N–H and O–H groups in total. The molecule has 0 aliphatic carbocycles. The second-order valence-corrected chi connectivity index (χ2v) is 4.26. The number of aryl methyl sites for hydroxylation is 2. The minimum atomic E-state index is 0.282. The van der Waals surface area contributed by atoms with E-state index < -0.39 is 0 Å². The van der Waals surface area contributed by atoms with Crippen molar-refractivity contribution < 1.29 is 4.79 Å². The quantitative estimate of drug-likeness (QED) is 0.726. The Morgan fingerprint density at radius 3 is 2.56 bits per heavy atom. The van der Waals surface area contributed by atoms with E-state index in [0.717, 1.165) is 28.8 Å². The van der Waals surface area contributed by atoms with E-state index >= 15 is 0 Å². The first-order valence-electron chi connectivity index (χ1n) is 5.35. The average molecular weight is 217 g/mol. The SMILES string of the molecule is Cc1nc(C)c2c(C=O)cn(C(C)C)c2n1. The van der Waals surface area contributed by atoms with E-state index in [9.17, 15) is 4.79 Å². The molecule has 0 amide bonds. The highest BCUT2D eigenvalue weighted by Gasteiger charge is 2.14. The van der Waals surface area contributed by atoms with Crippen LogP contribution in [0.15, 0.2) is 6.20 Å². The van der Waals surface area contributed by atoms with Gasteiger partial charge in [-0.05, 0) is 27.7 Å². The van der Waals surface area contributed by atoms with Gasteiger partial charge in [-0.2, -0.15) is 0 Å². The molecule has 0 bridgehead atoms. The monoisotopic (exact) mass is 217 g/mol. The normalized spacial score (nSPS) is 11.3. The maximum absolute atomic E-state index is 11.0. The van der Waals surface area contributed by atoms with E-state index in [1.54, 1.807) is 0 Å². The van der Waals surface area contributed by atoms with Gasteiger partial charge in [-0.15, -0.1) is 0 Å². The lowest BCUT2D eigenvalue weighted by molar-refractivity contribution is 0.112. The maximum atomic E-state index is 11.0. The third kappa shape index (κ3) is 1.50. The van der Waals surface area contributed by atoms with Crippen molar-refractivity contribution in [2.24, 2.45) is 0 Å². The fraction of sp³-hybridized carbons (Fsp3) is 0.417. The smallest absolute Gasteiger partial charge is 0.152 e. The van der Waals surface area contributed by atoms with E-state index in [0.29, 0.717) is 5.56 Å². The topological polar surface area (TPSA) is 47.8 Å². The van der Waals surface area contributed by atoms with Gasteiger partial charge in [0.15, 0.2) is 6.29 Å². The van der Waals surface area contributed by atoms with Gasteiger partial charge in [0.1, 0.15) is 11.5 Å². The zero-order valence-electron chi connectivity index (χ0n) is 9.98. The third-order valence-corrected chi connectivity index (χ3v) is 2.68. The number of aldehydes is 1. The lowest BCUT2D eigenvalue weighted by Crippen LogP contribution is -2.01. The van der Waals surface area contributed by atoms with Gasteiger partial charge in [0.2, 0.25) is 0 Å². The molecule has 0 aliphatic heterocycles. The molecule has 2 rings (SSSR count). The minimum absolute atomic E-state index is 0.282. The number of carbonyl (C=O) groups excluding carboxylic acids is 1. The Morgan fingerprint density at radius 1 is 1.31 bits per heavy atom. The van der Waals surface area contributed by atoms with Crippen molar-refractivity contribution in [3.63, 3.8) is 0 Å². The van der Waals surface area contributed by atoms with Gasteiger partial charge in [-0.1, -0.05) is 0 Å². The van der Waals surface area contributed by atoms with Crippen LogP contribution in [0, 0.1) is 13.8 Å². The highest BCUT2D eigenvalue weighted by Crippen LogP contribution is 2.24.